The molecule has 8 bridgehead atoms. The zero-order valence-electron chi connectivity index (χ0n) is 32.7. The molecule has 2 N–H and O–H groups in total. The number of benzene rings is 1. The third-order valence-corrected chi connectivity index (χ3v) is 13.2. The highest BCUT2D eigenvalue weighted by atomic mass is 31.2. The van der Waals surface area contributed by atoms with Crippen LogP contribution in [0.2, 0.25) is 0 Å². The number of esters is 1. The van der Waals surface area contributed by atoms with E-state index in [4.69, 9.17) is 37.5 Å². The lowest BCUT2D eigenvalue weighted by Gasteiger charge is -2.23. The van der Waals surface area contributed by atoms with Crippen molar-refractivity contribution in [3.05, 3.63) is 89.0 Å². The van der Waals surface area contributed by atoms with E-state index in [-0.39, 0.29) is 24.8 Å². The molecule has 0 aliphatic carbocycles. The van der Waals surface area contributed by atoms with Crippen LogP contribution in [0.4, 0.5) is 0 Å². The molecule has 5 heterocycles. The van der Waals surface area contributed by atoms with Crippen LogP contribution in [0.5, 0.6) is 5.75 Å². The summed E-state index contributed by atoms with van der Waals surface area (Å²) in [4.78, 5) is 29.4. The first kappa shape index (κ1) is 41.0. The van der Waals surface area contributed by atoms with Crippen LogP contribution in [0.15, 0.2) is 60.7 Å². The summed E-state index contributed by atoms with van der Waals surface area (Å²) < 4.78 is 58.7. The molecule has 0 atom stereocenters. The summed E-state index contributed by atoms with van der Waals surface area (Å²) in [6.45, 7) is 5.26. The van der Waals surface area contributed by atoms with Gasteiger partial charge in [0.25, 0.3) is 0 Å². The molecule has 13 nitrogen and oxygen atoms in total. The van der Waals surface area contributed by atoms with Crippen molar-refractivity contribution < 1.29 is 41.5 Å². The number of fused-ring (bicyclic) bond motifs is 8. The maximum absolute atomic E-state index is 13.2. The summed E-state index contributed by atoms with van der Waals surface area (Å²) in [5.41, 5.74) is 8.25. The zero-order valence-corrected chi connectivity index (χ0v) is 34.4. The van der Waals surface area contributed by atoms with E-state index in [1.807, 2.05) is 106 Å². The first-order chi connectivity index (χ1) is 26.7. The number of nitrogens with one attached hydrogen (secondary N) is 2. The lowest BCUT2D eigenvalue weighted by atomic mass is 9.91. The highest BCUT2D eigenvalue weighted by Crippen LogP contribution is 2.52. The van der Waals surface area contributed by atoms with Crippen molar-refractivity contribution >= 4 is 67.5 Å². The predicted molar refractivity (Wildman–Crippen MR) is 221 cm³/mol. The van der Waals surface area contributed by atoms with E-state index >= 15 is 0 Å². The Hall–Kier alpha value is -4.61. The van der Waals surface area contributed by atoms with Gasteiger partial charge in [-0.15, -0.1) is 0 Å². The highest BCUT2D eigenvalue weighted by Gasteiger charge is 2.30. The van der Waals surface area contributed by atoms with E-state index in [1.165, 1.54) is 28.4 Å². The lowest BCUT2D eigenvalue weighted by molar-refractivity contribution is -0.157. The van der Waals surface area contributed by atoms with Crippen molar-refractivity contribution in [3.63, 3.8) is 0 Å². The molecule has 0 spiro atoms. The molecule has 0 saturated carbocycles. The molecule has 15 heteroatoms. The van der Waals surface area contributed by atoms with Gasteiger partial charge in [-0.05, 0) is 118 Å². The second-order valence-electron chi connectivity index (χ2n) is 14.3. The minimum absolute atomic E-state index is 0.120. The normalized spacial score (nSPS) is 13.1. The molecule has 56 heavy (non-hydrogen) atoms. The standard InChI is InChI=1S/C41H48N4O9P2/c1-41(2,3)54-38(46)26-53-33-14-8-27(9-15-33)39-34-16-10-29(42-34)24-31-12-18-36(44-31)40(37-19-13-32(45-37)25-30-11-17-35(39)43-30)28(20-22-55(47,49-4)50-5)21-23-56(48,51-6)52-7/h8-19,24-25,28,42-43H,20-23,26H2,1-7H3. The number of hydrogen-bond acceptors (Lipinski definition) is 11. The van der Waals surface area contributed by atoms with Crippen molar-refractivity contribution in [2.45, 2.75) is 45.1 Å². The molecule has 296 valence electrons. The van der Waals surface area contributed by atoms with Gasteiger partial charge >= 0.3 is 21.2 Å². The smallest absolute Gasteiger partial charge is 0.344 e. The lowest BCUT2D eigenvalue weighted by Crippen LogP contribution is -2.27. The molecule has 3 aromatic heterocycles. The Morgan fingerprint density at radius 2 is 1.18 bits per heavy atom. The first-order valence-corrected chi connectivity index (χ1v) is 21.6. The van der Waals surface area contributed by atoms with Gasteiger partial charge in [0.15, 0.2) is 6.61 Å². The zero-order chi connectivity index (χ0) is 40.1. The monoisotopic (exact) mass is 802 g/mol. The maximum atomic E-state index is 13.2. The van der Waals surface area contributed by atoms with Crippen LogP contribution in [-0.4, -0.2) is 78.9 Å². The SMILES string of the molecule is COP(=O)(CCC(CCP(=O)(OC)OC)c1c2nc(cc3ccc([nH]3)c(-c3ccc(OCC(=O)OC(C)(C)C)cc3)c3ccc(cc4nc1C=C4)[nH]3)C=C2)OC. The average Bonchev–Trinajstić information content (AvgIpc) is 4.02. The molecule has 2 aliphatic rings. The van der Waals surface area contributed by atoms with Gasteiger partial charge in [-0.3, -0.25) is 9.13 Å². The molecule has 0 saturated heterocycles. The van der Waals surface area contributed by atoms with Crippen LogP contribution in [0.3, 0.4) is 0 Å². The fourth-order valence-electron chi connectivity index (χ4n) is 6.63. The Labute approximate surface area is 326 Å². The maximum Gasteiger partial charge on any atom is 0.344 e. The topological polar surface area (TPSA) is 164 Å². The van der Waals surface area contributed by atoms with E-state index in [0.29, 0.717) is 41.4 Å². The average molecular weight is 803 g/mol. The van der Waals surface area contributed by atoms with Crippen LogP contribution in [-0.2, 0) is 36.8 Å². The Kier molecular flexibility index (Phi) is 12.6. The third-order valence-electron chi connectivity index (χ3n) is 9.38. The molecule has 0 amide bonds. The number of carbonyl (C=O) groups is 1. The molecule has 2 aliphatic heterocycles. The Bertz CT molecular complexity index is 2250. The molecular formula is C41H48N4O9P2. The Balaban J connectivity index is 1.46. The Morgan fingerprint density at radius 1 is 0.696 bits per heavy atom. The number of aromatic nitrogens is 4. The second kappa shape index (κ2) is 17.3. The van der Waals surface area contributed by atoms with Crippen molar-refractivity contribution in [2.24, 2.45) is 0 Å². The molecule has 4 aromatic rings. The number of rotatable bonds is 15. The highest BCUT2D eigenvalue weighted by molar-refractivity contribution is 7.54. The summed E-state index contributed by atoms with van der Waals surface area (Å²) in [6.07, 6.45) is 8.72. The third kappa shape index (κ3) is 10.0. The van der Waals surface area contributed by atoms with Crippen LogP contribution >= 0.6 is 15.2 Å². The molecule has 1 aromatic carbocycles. The van der Waals surface area contributed by atoms with Gasteiger partial charge in [0, 0.05) is 61.6 Å². The van der Waals surface area contributed by atoms with Crippen LogP contribution in [0.1, 0.15) is 67.9 Å². The largest absolute Gasteiger partial charge is 0.482 e. The molecule has 0 unspecified atom stereocenters. The minimum atomic E-state index is -3.38. The van der Waals surface area contributed by atoms with Crippen molar-refractivity contribution in [3.8, 4) is 16.9 Å². The minimum Gasteiger partial charge on any atom is -0.482 e. The van der Waals surface area contributed by atoms with Gasteiger partial charge in [0.2, 0.25) is 0 Å². The Morgan fingerprint density at radius 3 is 1.62 bits per heavy atom. The van der Waals surface area contributed by atoms with Crippen LogP contribution in [0.25, 0.3) is 57.5 Å². The van der Waals surface area contributed by atoms with E-state index < -0.39 is 26.8 Å². The van der Waals surface area contributed by atoms with Gasteiger partial charge in [-0.1, -0.05) is 12.1 Å². The molecule has 6 rings (SSSR count). The fraction of sp³-hybridized carbons (Fsp3) is 0.341. The van der Waals surface area contributed by atoms with Gasteiger partial charge in [-0.25, -0.2) is 14.8 Å². The summed E-state index contributed by atoms with van der Waals surface area (Å²) >= 11 is 0. The second-order valence-corrected chi connectivity index (χ2v) is 19.1. The van der Waals surface area contributed by atoms with E-state index in [2.05, 4.69) is 9.97 Å². The van der Waals surface area contributed by atoms with Crippen molar-refractivity contribution in [1.29, 1.82) is 0 Å². The van der Waals surface area contributed by atoms with Gasteiger partial charge < -0.3 is 37.5 Å². The number of ether oxygens (including phenoxy) is 2. The van der Waals surface area contributed by atoms with E-state index in [9.17, 15) is 13.9 Å². The number of carbonyl (C=O) groups excluding carboxylic acids is 1. The summed E-state index contributed by atoms with van der Waals surface area (Å²) in [6, 6.07) is 19.5. The predicted octanol–water partition coefficient (Wildman–Crippen LogP) is 9.88. The summed E-state index contributed by atoms with van der Waals surface area (Å²) in [5.74, 6) is -0.217. The molecule has 0 radical (unpaired) electrons. The van der Waals surface area contributed by atoms with Gasteiger partial charge in [0.1, 0.15) is 11.4 Å². The summed E-state index contributed by atoms with van der Waals surface area (Å²) in [7, 11) is -1.29. The van der Waals surface area contributed by atoms with E-state index in [0.717, 1.165) is 38.8 Å². The summed E-state index contributed by atoms with van der Waals surface area (Å²) in [5, 5.41) is 0. The van der Waals surface area contributed by atoms with E-state index in [1.54, 1.807) is 0 Å². The molecular weight excluding hydrogens is 754 g/mol. The number of aromatic amines is 2. The van der Waals surface area contributed by atoms with Crippen LogP contribution < -0.4 is 4.74 Å². The first-order valence-electron chi connectivity index (χ1n) is 18.2. The quantitative estimate of drug-likeness (QED) is 0.0750. The van der Waals surface area contributed by atoms with Gasteiger partial charge in [-0.2, -0.15) is 0 Å². The van der Waals surface area contributed by atoms with Crippen molar-refractivity contribution in [2.75, 3.05) is 47.4 Å². The molecule has 0 fully saturated rings. The van der Waals surface area contributed by atoms with Crippen LogP contribution in [0, 0.1) is 0 Å². The fourth-order valence-corrected chi connectivity index (χ4v) is 8.92. The number of H-pyrrole nitrogens is 2. The van der Waals surface area contributed by atoms with Gasteiger partial charge in [0.05, 0.1) is 35.1 Å². The number of hydrogen-bond donors (Lipinski definition) is 2. The number of nitrogens with zero attached hydrogens (tertiary/aromatic N) is 2. The van der Waals surface area contributed by atoms with Crippen molar-refractivity contribution in [1.82, 2.24) is 19.9 Å².